The standard InChI is InChI=1S/C10H16N2/c1-4-8-5-6-9(11)10(12-8)7(2)3/h5-7H,4,11H2,1-3H3. The largest absolute Gasteiger partial charge is 0.397 e. The average molecular weight is 164 g/mol. The molecule has 0 radical (unpaired) electrons. The molecule has 12 heavy (non-hydrogen) atoms. The number of aromatic nitrogens is 1. The number of nitrogens with zero attached hydrogens (tertiary/aromatic N) is 1. The van der Waals surface area contributed by atoms with Gasteiger partial charge in [0.15, 0.2) is 0 Å². The number of rotatable bonds is 2. The SMILES string of the molecule is CCc1ccc(N)c(C(C)C)n1. The van der Waals surface area contributed by atoms with Crippen LogP contribution < -0.4 is 5.73 Å². The third-order valence-electron chi connectivity index (χ3n) is 1.92. The Morgan fingerprint density at radius 1 is 1.42 bits per heavy atom. The lowest BCUT2D eigenvalue weighted by atomic mass is 10.1. The van der Waals surface area contributed by atoms with Crippen LogP contribution >= 0.6 is 0 Å². The van der Waals surface area contributed by atoms with Crippen molar-refractivity contribution in [2.75, 3.05) is 5.73 Å². The van der Waals surface area contributed by atoms with Crippen molar-refractivity contribution in [1.82, 2.24) is 4.98 Å². The van der Waals surface area contributed by atoms with E-state index in [1.807, 2.05) is 12.1 Å². The third kappa shape index (κ3) is 1.76. The number of pyridine rings is 1. The first kappa shape index (κ1) is 9.04. The first-order valence-corrected chi connectivity index (χ1v) is 4.40. The fourth-order valence-electron chi connectivity index (χ4n) is 1.19. The Bertz CT molecular complexity index is 267. The van der Waals surface area contributed by atoms with Gasteiger partial charge in [-0.15, -0.1) is 0 Å². The lowest BCUT2D eigenvalue weighted by Crippen LogP contribution is -2.02. The van der Waals surface area contributed by atoms with Crippen molar-refractivity contribution in [3.63, 3.8) is 0 Å². The first-order valence-electron chi connectivity index (χ1n) is 4.40. The van der Waals surface area contributed by atoms with Crippen LogP contribution in [0.25, 0.3) is 0 Å². The van der Waals surface area contributed by atoms with Crippen molar-refractivity contribution in [3.05, 3.63) is 23.5 Å². The number of anilines is 1. The molecule has 0 aliphatic heterocycles. The second-order valence-corrected chi connectivity index (χ2v) is 3.29. The molecule has 66 valence electrons. The molecular formula is C10H16N2. The van der Waals surface area contributed by atoms with Crippen LogP contribution in [0.4, 0.5) is 5.69 Å². The van der Waals surface area contributed by atoms with Crippen LogP contribution in [0.15, 0.2) is 12.1 Å². The highest BCUT2D eigenvalue weighted by atomic mass is 14.8. The van der Waals surface area contributed by atoms with E-state index in [0.717, 1.165) is 23.5 Å². The molecule has 0 unspecified atom stereocenters. The molecule has 0 aromatic carbocycles. The number of nitrogens with two attached hydrogens (primary N) is 1. The Hall–Kier alpha value is -1.05. The van der Waals surface area contributed by atoms with Crippen molar-refractivity contribution in [2.45, 2.75) is 33.1 Å². The minimum atomic E-state index is 0.413. The summed E-state index contributed by atoms with van der Waals surface area (Å²) in [7, 11) is 0. The Balaban J connectivity index is 3.08. The molecule has 2 N–H and O–H groups in total. The smallest absolute Gasteiger partial charge is 0.0661 e. The van der Waals surface area contributed by atoms with Gasteiger partial charge in [-0.25, -0.2) is 0 Å². The highest BCUT2D eigenvalue weighted by Gasteiger charge is 2.05. The van der Waals surface area contributed by atoms with Gasteiger partial charge in [0.25, 0.3) is 0 Å². The Morgan fingerprint density at radius 3 is 2.58 bits per heavy atom. The second-order valence-electron chi connectivity index (χ2n) is 3.29. The van der Waals surface area contributed by atoms with Crippen molar-refractivity contribution < 1.29 is 0 Å². The molecule has 0 saturated carbocycles. The molecule has 1 heterocycles. The number of hydrogen-bond donors (Lipinski definition) is 1. The van der Waals surface area contributed by atoms with Crippen molar-refractivity contribution in [2.24, 2.45) is 0 Å². The molecule has 2 nitrogen and oxygen atoms in total. The normalized spacial score (nSPS) is 10.7. The van der Waals surface area contributed by atoms with Gasteiger partial charge in [-0.2, -0.15) is 0 Å². The molecule has 1 aromatic heterocycles. The molecule has 1 aromatic rings. The molecule has 0 saturated heterocycles. The summed E-state index contributed by atoms with van der Waals surface area (Å²) < 4.78 is 0. The fraction of sp³-hybridized carbons (Fsp3) is 0.500. The summed E-state index contributed by atoms with van der Waals surface area (Å²) in [5, 5.41) is 0. The van der Waals surface area contributed by atoms with Gasteiger partial charge in [0, 0.05) is 5.69 Å². The van der Waals surface area contributed by atoms with E-state index in [1.165, 1.54) is 0 Å². The van der Waals surface area contributed by atoms with Gasteiger partial charge in [-0.05, 0) is 24.5 Å². The van der Waals surface area contributed by atoms with Crippen LogP contribution in [0.1, 0.15) is 38.1 Å². The zero-order chi connectivity index (χ0) is 9.14. The summed E-state index contributed by atoms with van der Waals surface area (Å²) in [6.07, 6.45) is 0.972. The van der Waals surface area contributed by atoms with E-state index < -0.39 is 0 Å². The predicted molar refractivity (Wildman–Crippen MR) is 52.1 cm³/mol. The minimum Gasteiger partial charge on any atom is -0.397 e. The van der Waals surface area contributed by atoms with Crippen LogP contribution in [0.5, 0.6) is 0 Å². The zero-order valence-corrected chi connectivity index (χ0v) is 7.96. The molecule has 1 rings (SSSR count). The molecule has 0 spiro atoms. The lowest BCUT2D eigenvalue weighted by molar-refractivity contribution is 0.811. The number of aryl methyl sites for hydroxylation is 1. The fourth-order valence-corrected chi connectivity index (χ4v) is 1.19. The number of nitrogen functional groups attached to an aromatic ring is 1. The van der Waals surface area contributed by atoms with E-state index in [1.54, 1.807) is 0 Å². The maximum atomic E-state index is 5.78. The topological polar surface area (TPSA) is 38.9 Å². The zero-order valence-electron chi connectivity index (χ0n) is 7.96. The quantitative estimate of drug-likeness (QED) is 0.728. The Kier molecular flexibility index (Phi) is 2.69. The summed E-state index contributed by atoms with van der Waals surface area (Å²) in [4.78, 5) is 4.47. The Labute approximate surface area is 73.8 Å². The summed E-state index contributed by atoms with van der Waals surface area (Å²) in [6.45, 7) is 6.32. The molecule has 0 amide bonds. The predicted octanol–water partition coefficient (Wildman–Crippen LogP) is 2.35. The highest BCUT2D eigenvalue weighted by Crippen LogP contribution is 2.19. The lowest BCUT2D eigenvalue weighted by Gasteiger charge is -2.09. The molecule has 0 aliphatic rings. The van der Waals surface area contributed by atoms with Gasteiger partial charge in [0.05, 0.1) is 11.4 Å². The van der Waals surface area contributed by atoms with Crippen LogP contribution in [0.2, 0.25) is 0 Å². The van der Waals surface area contributed by atoms with E-state index in [-0.39, 0.29) is 0 Å². The monoisotopic (exact) mass is 164 g/mol. The van der Waals surface area contributed by atoms with Gasteiger partial charge >= 0.3 is 0 Å². The van der Waals surface area contributed by atoms with Crippen LogP contribution in [0.3, 0.4) is 0 Å². The number of hydrogen-bond acceptors (Lipinski definition) is 2. The second kappa shape index (κ2) is 3.57. The van der Waals surface area contributed by atoms with E-state index >= 15 is 0 Å². The van der Waals surface area contributed by atoms with E-state index in [0.29, 0.717) is 5.92 Å². The molecule has 0 aliphatic carbocycles. The average Bonchev–Trinajstić information content (AvgIpc) is 2.05. The molecule has 0 bridgehead atoms. The van der Waals surface area contributed by atoms with Crippen molar-refractivity contribution in [1.29, 1.82) is 0 Å². The minimum absolute atomic E-state index is 0.413. The Morgan fingerprint density at radius 2 is 2.08 bits per heavy atom. The van der Waals surface area contributed by atoms with Gasteiger partial charge in [-0.3, -0.25) is 4.98 Å². The molecule has 2 heteroatoms. The summed E-state index contributed by atoms with van der Waals surface area (Å²) >= 11 is 0. The summed E-state index contributed by atoms with van der Waals surface area (Å²) in [6, 6.07) is 3.93. The molecular weight excluding hydrogens is 148 g/mol. The van der Waals surface area contributed by atoms with Gasteiger partial charge < -0.3 is 5.73 Å². The molecule has 0 atom stereocenters. The van der Waals surface area contributed by atoms with Crippen LogP contribution in [-0.2, 0) is 6.42 Å². The van der Waals surface area contributed by atoms with E-state index in [2.05, 4.69) is 25.8 Å². The van der Waals surface area contributed by atoms with Crippen LogP contribution in [0, 0.1) is 0 Å². The van der Waals surface area contributed by atoms with Gasteiger partial charge in [0.2, 0.25) is 0 Å². The maximum absolute atomic E-state index is 5.78. The summed E-state index contributed by atoms with van der Waals surface area (Å²) in [5.41, 5.74) is 8.73. The van der Waals surface area contributed by atoms with Crippen LogP contribution in [-0.4, -0.2) is 4.98 Å². The van der Waals surface area contributed by atoms with E-state index in [9.17, 15) is 0 Å². The summed E-state index contributed by atoms with van der Waals surface area (Å²) in [5.74, 6) is 0.413. The highest BCUT2D eigenvalue weighted by molar-refractivity contribution is 5.44. The van der Waals surface area contributed by atoms with Gasteiger partial charge in [-0.1, -0.05) is 20.8 Å². The molecule has 0 fully saturated rings. The first-order chi connectivity index (χ1) is 5.65. The van der Waals surface area contributed by atoms with Crippen molar-refractivity contribution in [3.8, 4) is 0 Å². The maximum Gasteiger partial charge on any atom is 0.0661 e. The van der Waals surface area contributed by atoms with E-state index in [4.69, 9.17) is 5.73 Å². The van der Waals surface area contributed by atoms with Gasteiger partial charge in [0.1, 0.15) is 0 Å². The third-order valence-corrected chi connectivity index (χ3v) is 1.92. The van der Waals surface area contributed by atoms with Crippen molar-refractivity contribution >= 4 is 5.69 Å².